The Morgan fingerprint density at radius 3 is 2.68 bits per heavy atom. The van der Waals surface area contributed by atoms with Gasteiger partial charge in [-0.05, 0) is 35.9 Å². The van der Waals surface area contributed by atoms with Crippen molar-refractivity contribution in [3.05, 3.63) is 103 Å². The van der Waals surface area contributed by atoms with E-state index in [9.17, 15) is 4.79 Å². The number of nitrogens with one attached hydrogen (secondary N) is 1. The van der Waals surface area contributed by atoms with E-state index in [1.54, 1.807) is 11.8 Å². The lowest BCUT2D eigenvalue weighted by Crippen LogP contribution is -2.45. The number of para-hydroxylation sites is 1. The first-order valence-electron chi connectivity index (χ1n) is 14.7. The summed E-state index contributed by atoms with van der Waals surface area (Å²) in [7, 11) is 0. The van der Waals surface area contributed by atoms with Crippen LogP contribution in [-0.4, -0.2) is 63.6 Å². The molecule has 1 unspecified atom stereocenters. The third-order valence-electron chi connectivity index (χ3n) is 7.59. The van der Waals surface area contributed by atoms with E-state index in [-0.39, 0.29) is 12.0 Å². The lowest BCUT2D eigenvalue weighted by molar-refractivity contribution is -0.115. The van der Waals surface area contributed by atoms with Crippen LogP contribution in [0.3, 0.4) is 0 Å². The van der Waals surface area contributed by atoms with E-state index in [0.29, 0.717) is 38.7 Å². The third-order valence-corrected chi connectivity index (χ3v) is 8.55. The number of fused-ring (bicyclic) bond motifs is 1. The molecule has 2 aliphatic heterocycles. The molecule has 1 amide bonds. The molecule has 44 heavy (non-hydrogen) atoms. The summed E-state index contributed by atoms with van der Waals surface area (Å²) in [5.74, 6) is 2.39. The van der Waals surface area contributed by atoms with E-state index >= 15 is 0 Å². The number of hydrogen-bond acceptors (Lipinski definition) is 8. The summed E-state index contributed by atoms with van der Waals surface area (Å²) in [4.78, 5) is 29.7. The Kier molecular flexibility index (Phi) is 8.25. The van der Waals surface area contributed by atoms with Gasteiger partial charge in [-0.15, -0.1) is 0 Å². The summed E-state index contributed by atoms with van der Waals surface area (Å²) in [6, 6.07) is 29.3. The molecule has 222 valence electrons. The van der Waals surface area contributed by atoms with Crippen molar-refractivity contribution in [2.45, 2.75) is 24.2 Å². The Bertz CT molecular complexity index is 1750. The van der Waals surface area contributed by atoms with Gasteiger partial charge in [-0.25, -0.2) is 15.0 Å². The molecule has 0 radical (unpaired) electrons. The molecular weight excluding hydrogens is 572 g/mol. The average Bonchev–Trinajstić information content (AvgIpc) is 3.67. The van der Waals surface area contributed by atoms with Gasteiger partial charge in [0.2, 0.25) is 11.9 Å². The summed E-state index contributed by atoms with van der Waals surface area (Å²) >= 11 is 1.74. The molecule has 7 rings (SSSR count). The van der Waals surface area contributed by atoms with Crippen LogP contribution in [-0.2, 0) is 22.5 Å². The minimum atomic E-state index is -0.0952. The number of anilines is 2. The van der Waals surface area contributed by atoms with Crippen LogP contribution in [0.4, 0.5) is 11.6 Å². The smallest absolute Gasteiger partial charge is 0.228 e. The van der Waals surface area contributed by atoms with Crippen molar-refractivity contribution in [3.8, 4) is 28.4 Å². The van der Waals surface area contributed by atoms with Crippen LogP contribution in [0.25, 0.3) is 22.6 Å². The fourth-order valence-corrected chi connectivity index (χ4v) is 6.46. The van der Waals surface area contributed by atoms with Gasteiger partial charge in [0, 0.05) is 36.3 Å². The number of imidazole rings is 1. The minimum Gasteiger partial charge on any atom is -0.491 e. The van der Waals surface area contributed by atoms with Crippen molar-refractivity contribution in [1.29, 1.82) is 0 Å². The molecule has 10 heteroatoms. The van der Waals surface area contributed by atoms with Gasteiger partial charge >= 0.3 is 0 Å². The quantitative estimate of drug-likeness (QED) is 0.233. The van der Waals surface area contributed by atoms with Crippen molar-refractivity contribution in [2.75, 3.05) is 42.3 Å². The summed E-state index contributed by atoms with van der Waals surface area (Å²) in [6.45, 7) is 3.21. The number of benzene rings is 3. The molecule has 1 saturated heterocycles. The number of ether oxygens (including phenoxy) is 2. The molecule has 1 fully saturated rings. The van der Waals surface area contributed by atoms with E-state index < -0.39 is 0 Å². The monoisotopic (exact) mass is 604 g/mol. The first kappa shape index (κ1) is 28.1. The van der Waals surface area contributed by atoms with Gasteiger partial charge in [-0.3, -0.25) is 4.79 Å². The highest BCUT2D eigenvalue weighted by molar-refractivity contribution is 7.99. The number of rotatable bonds is 9. The Morgan fingerprint density at radius 1 is 0.977 bits per heavy atom. The molecule has 3 aromatic carbocycles. The average molecular weight is 605 g/mol. The van der Waals surface area contributed by atoms with Crippen LogP contribution in [0.1, 0.15) is 5.56 Å². The van der Waals surface area contributed by atoms with E-state index in [1.807, 2.05) is 97.2 Å². The lowest BCUT2D eigenvalue weighted by atomic mass is 10.1. The Balaban J connectivity index is 1.12. The van der Waals surface area contributed by atoms with Gasteiger partial charge in [0.25, 0.3) is 0 Å². The molecule has 1 N–H and O–H groups in total. The third kappa shape index (κ3) is 6.31. The standard InChI is InChI=1S/C34H32N6O3S/c41-30(20-24-8-3-1-4-9-24)36-26-11-7-10-25(21-26)31-32(40-17-19-44-34(40)38-31)29-14-15-35-33(37-29)39-16-18-42-28(22-39)23-43-27-12-5-2-6-13-27/h1-15,21,28H,16-20,22-23H2,(H,36,41). The van der Waals surface area contributed by atoms with Crippen LogP contribution in [0.2, 0.25) is 0 Å². The molecule has 4 heterocycles. The van der Waals surface area contributed by atoms with Crippen molar-refractivity contribution in [1.82, 2.24) is 19.5 Å². The van der Waals surface area contributed by atoms with Gasteiger partial charge in [0.05, 0.1) is 36.7 Å². The predicted octanol–water partition coefficient (Wildman–Crippen LogP) is 5.58. The first-order valence-corrected chi connectivity index (χ1v) is 15.7. The number of carbonyl (C=O) groups excluding carboxylic acids is 1. The molecule has 0 spiro atoms. The largest absolute Gasteiger partial charge is 0.491 e. The summed E-state index contributed by atoms with van der Waals surface area (Å²) < 4.78 is 14.2. The molecule has 0 bridgehead atoms. The summed E-state index contributed by atoms with van der Waals surface area (Å²) in [5.41, 5.74) is 5.24. The van der Waals surface area contributed by atoms with Crippen LogP contribution in [0.5, 0.6) is 5.75 Å². The van der Waals surface area contributed by atoms with Gasteiger partial charge in [-0.2, -0.15) is 0 Å². The zero-order valence-corrected chi connectivity index (χ0v) is 25.0. The highest BCUT2D eigenvalue weighted by Gasteiger charge is 2.27. The fraction of sp³-hybridized carbons (Fsp3) is 0.235. The maximum atomic E-state index is 12.8. The van der Waals surface area contributed by atoms with Crippen LogP contribution < -0.4 is 15.0 Å². The van der Waals surface area contributed by atoms with Crippen LogP contribution >= 0.6 is 11.8 Å². The minimum absolute atomic E-state index is 0.0603. The Morgan fingerprint density at radius 2 is 1.82 bits per heavy atom. The fourth-order valence-electron chi connectivity index (χ4n) is 5.51. The van der Waals surface area contributed by atoms with E-state index in [4.69, 9.17) is 19.4 Å². The Labute approximate surface area is 260 Å². The van der Waals surface area contributed by atoms with E-state index in [0.717, 1.165) is 57.1 Å². The molecule has 2 aromatic heterocycles. The van der Waals surface area contributed by atoms with Crippen LogP contribution in [0, 0.1) is 0 Å². The second-order valence-corrected chi connectivity index (χ2v) is 11.7. The molecule has 5 aromatic rings. The van der Waals surface area contributed by atoms with Crippen molar-refractivity contribution < 1.29 is 14.3 Å². The number of nitrogens with zero attached hydrogens (tertiary/aromatic N) is 5. The number of aromatic nitrogens is 4. The topological polar surface area (TPSA) is 94.4 Å². The highest BCUT2D eigenvalue weighted by Crippen LogP contribution is 2.39. The summed E-state index contributed by atoms with van der Waals surface area (Å²) in [6.07, 6.45) is 2.03. The number of amides is 1. The van der Waals surface area contributed by atoms with Crippen LogP contribution in [0.15, 0.2) is 102 Å². The Hall–Kier alpha value is -4.67. The van der Waals surface area contributed by atoms with Gasteiger partial charge in [0.1, 0.15) is 18.5 Å². The number of carbonyl (C=O) groups is 1. The number of morpholine rings is 1. The molecular formula is C34H32N6O3S. The zero-order valence-electron chi connectivity index (χ0n) is 24.1. The number of thioether (sulfide) groups is 1. The maximum Gasteiger partial charge on any atom is 0.228 e. The van der Waals surface area contributed by atoms with E-state index in [2.05, 4.69) is 19.8 Å². The maximum absolute atomic E-state index is 12.8. The SMILES string of the molecule is O=C(Cc1ccccc1)Nc1cccc(-c2nc3n(c2-c2ccnc(N4CCOC(COc5ccccc5)C4)n2)CCS3)c1. The highest BCUT2D eigenvalue weighted by atomic mass is 32.2. The molecule has 0 saturated carbocycles. The van der Waals surface area contributed by atoms with Crippen molar-refractivity contribution in [3.63, 3.8) is 0 Å². The van der Waals surface area contributed by atoms with Gasteiger partial charge in [-0.1, -0.05) is 72.4 Å². The molecule has 0 aliphatic carbocycles. The predicted molar refractivity (Wildman–Crippen MR) is 172 cm³/mol. The number of hydrogen-bond donors (Lipinski definition) is 1. The normalized spacial score (nSPS) is 16.0. The van der Waals surface area contributed by atoms with E-state index in [1.165, 1.54) is 0 Å². The first-order chi connectivity index (χ1) is 21.7. The van der Waals surface area contributed by atoms with Crippen molar-refractivity contribution in [2.24, 2.45) is 0 Å². The molecule has 2 aliphatic rings. The second-order valence-electron chi connectivity index (χ2n) is 10.7. The second kappa shape index (κ2) is 12.9. The van der Waals surface area contributed by atoms with Crippen molar-refractivity contribution >= 4 is 29.3 Å². The molecule has 1 atom stereocenters. The van der Waals surface area contributed by atoms with Gasteiger partial charge in [0.15, 0.2) is 5.16 Å². The zero-order chi connectivity index (χ0) is 29.7. The summed E-state index contributed by atoms with van der Waals surface area (Å²) in [5, 5.41) is 4.02. The lowest BCUT2D eigenvalue weighted by Gasteiger charge is -2.32. The van der Waals surface area contributed by atoms with Gasteiger partial charge < -0.3 is 24.3 Å². The molecule has 9 nitrogen and oxygen atoms in total.